The molecule has 2 heterocycles. The summed E-state index contributed by atoms with van der Waals surface area (Å²) in [5.41, 5.74) is 5.51. The third-order valence-corrected chi connectivity index (χ3v) is 2.36. The summed E-state index contributed by atoms with van der Waals surface area (Å²) < 4.78 is 10.5. The van der Waals surface area contributed by atoms with Gasteiger partial charge in [-0.05, 0) is 22.0 Å². The van der Waals surface area contributed by atoms with E-state index in [1.54, 1.807) is 7.11 Å². The van der Waals surface area contributed by atoms with E-state index in [-0.39, 0.29) is 5.95 Å². The quantitative estimate of drug-likeness (QED) is 0.755. The molecule has 0 amide bonds. The van der Waals surface area contributed by atoms with Crippen LogP contribution >= 0.6 is 11.5 Å². The van der Waals surface area contributed by atoms with Crippen LogP contribution in [0.1, 0.15) is 4.88 Å². The average molecular weight is 212 g/mol. The number of hydrogen-bond acceptors (Lipinski definition) is 7. The van der Waals surface area contributed by atoms with Crippen molar-refractivity contribution >= 4 is 17.5 Å². The van der Waals surface area contributed by atoms with Crippen LogP contribution < -0.4 is 10.5 Å². The molecule has 0 bridgehead atoms. The summed E-state index contributed by atoms with van der Waals surface area (Å²) in [4.78, 5) is 0.987. The van der Waals surface area contributed by atoms with Crippen LogP contribution in [-0.4, -0.2) is 31.7 Å². The number of nitrogen functional groups attached to an aromatic ring is 1. The lowest BCUT2D eigenvalue weighted by Gasteiger charge is -1.95. The molecule has 0 aromatic carbocycles. The van der Waals surface area contributed by atoms with Crippen molar-refractivity contribution in [1.82, 2.24) is 24.6 Å². The highest BCUT2D eigenvalue weighted by Gasteiger charge is 2.06. The van der Waals surface area contributed by atoms with E-state index < -0.39 is 0 Å². The Morgan fingerprint density at radius 1 is 1.64 bits per heavy atom. The molecular formula is C6H8N6OS. The lowest BCUT2D eigenvalue weighted by Crippen LogP contribution is -2.05. The summed E-state index contributed by atoms with van der Waals surface area (Å²) in [6, 6.07) is 1.83. The molecule has 7 nitrogen and oxygen atoms in total. The van der Waals surface area contributed by atoms with E-state index >= 15 is 0 Å². The number of nitrogens with zero attached hydrogens (tertiary/aromatic N) is 5. The van der Waals surface area contributed by atoms with Gasteiger partial charge < -0.3 is 10.5 Å². The van der Waals surface area contributed by atoms with E-state index in [0.29, 0.717) is 12.4 Å². The van der Waals surface area contributed by atoms with E-state index in [1.807, 2.05) is 6.07 Å². The second-order valence-electron chi connectivity index (χ2n) is 2.53. The van der Waals surface area contributed by atoms with Crippen molar-refractivity contribution in [3.05, 3.63) is 10.9 Å². The first-order valence-corrected chi connectivity index (χ1v) is 4.58. The Labute approximate surface area is 83.7 Å². The number of hydrogen-bond donors (Lipinski definition) is 1. The summed E-state index contributed by atoms with van der Waals surface area (Å²) in [6.07, 6.45) is 0. The Kier molecular flexibility index (Phi) is 2.27. The molecule has 0 saturated heterocycles. The van der Waals surface area contributed by atoms with Crippen LogP contribution in [0.15, 0.2) is 6.07 Å². The molecule has 0 saturated carbocycles. The van der Waals surface area contributed by atoms with Gasteiger partial charge in [-0.25, -0.2) is 4.68 Å². The average Bonchev–Trinajstić information content (AvgIpc) is 2.77. The number of rotatable bonds is 3. The fourth-order valence-electron chi connectivity index (χ4n) is 0.937. The minimum absolute atomic E-state index is 0.289. The maximum absolute atomic E-state index is 5.51. The Morgan fingerprint density at radius 3 is 3.07 bits per heavy atom. The van der Waals surface area contributed by atoms with Crippen molar-refractivity contribution in [3.63, 3.8) is 0 Å². The van der Waals surface area contributed by atoms with Crippen LogP contribution in [0, 0.1) is 0 Å². The lowest BCUT2D eigenvalue weighted by atomic mass is 10.5. The largest absolute Gasteiger partial charge is 0.480 e. The first-order chi connectivity index (χ1) is 6.79. The SMILES string of the molecule is COc1cc(Cn2nnnc2N)sn1. The molecule has 0 aliphatic rings. The Morgan fingerprint density at radius 2 is 2.50 bits per heavy atom. The second-order valence-corrected chi connectivity index (χ2v) is 3.42. The summed E-state index contributed by atoms with van der Waals surface area (Å²) in [5.74, 6) is 0.883. The second kappa shape index (κ2) is 3.58. The Balaban J connectivity index is 2.15. The van der Waals surface area contributed by atoms with Gasteiger partial charge in [-0.2, -0.15) is 4.37 Å². The predicted octanol–water partition coefficient (Wildman–Crippen LogP) is -0.231. The highest BCUT2D eigenvalue weighted by atomic mass is 32.1. The zero-order chi connectivity index (χ0) is 9.97. The highest BCUT2D eigenvalue weighted by molar-refractivity contribution is 7.05. The van der Waals surface area contributed by atoms with Crippen LogP contribution in [0.2, 0.25) is 0 Å². The third-order valence-electron chi connectivity index (χ3n) is 1.61. The molecule has 0 unspecified atom stereocenters. The predicted molar refractivity (Wildman–Crippen MR) is 50.0 cm³/mol. The highest BCUT2D eigenvalue weighted by Crippen LogP contribution is 2.17. The lowest BCUT2D eigenvalue weighted by molar-refractivity contribution is 0.402. The van der Waals surface area contributed by atoms with E-state index in [2.05, 4.69) is 19.9 Å². The van der Waals surface area contributed by atoms with Crippen LogP contribution in [0.5, 0.6) is 5.88 Å². The smallest absolute Gasteiger partial charge is 0.240 e. The molecule has 2 aromatic heterocycles. The first kappa shape index (κ1) is 8.88. The number of tetrazole rings is 1. The molecule has 74 valence electrons. The molecule has 0 aliphatic carbocycles. The number of nitrogens with two attached hydrogens (primary N) is 1. The van der Waals surface area contributed by atoms with Crippen LogP contribution in [0.4, 0.5) is 5.95 Å². The fraction of sp³-hybridized carbons (Fsp3) is 0.333. The van der Waals surface area contributed by atoms with E-state index in [0.717, 1.165) is 4.88 Å². The normalized spacial score (nSPS) is 10.4. The molecule has 0 atom stereocenters. The monoisotopic (exact) mass is 212 g/mol. The summed E-state index contributed by atoms with van der Waals surface area (Å²) in [7, 11) is 1.57. The van der Waals surface area contributed by atoms with Gasteiger partial charge in [0.1, 0.15) is 0 Å². The minimum Gasteiger partial charge on any atom is -0.480 e. The zero-order valence-electron chi connectivity index (χ0n) is 7.41. The minimum atomic E-state index is 0.289. The number of aromatic nitrogens is 5. The first-order valence-electron chi connectivity index (χ1n) is 3.81. The molecule has 2 rings (SSSR count). The number of ether oxygens (including phenoxy) is 1. The van der Waals surface area contributed by atoms with Gasteiger partial charge in [0.25, 0.3) is 0 Å². The zero-order valence-corrected chi connectivity index (χ0v) is 8.23. The summed E-state index contributed by atoms with van der Waals surface area (Å²) >= 11 is 1.33. The van der Waals surface area contributed by atoms with Crippen LogP contribution in [0.3, 0.4) is 0 Å². The van der Waals surface area contributed by atoms with Crippen LogP contribution in [-0.2, 0) is 6.54 Å². The third kappa shape index (κ3) is 1.64. The standard InChI is InChI=1S/C6H8N6OS/c1-13-5-2-4(14-9-5)3-12-6(7)8-10-11-12/h2H,3H2,1H3,(H2,7,8,11). The maximum Gasteiger partial charge on any atom is 0.240 e. The van der Waals surface area contributed by atoms with Crippen molar-refractivity contribution in [2.24, 2.45) is 0 Å². The molecule has 0 spiro atoms. The molecule has 14 heavy (non-hydrogen) atoms. The fourth-order valence-corrected chi connectivity index (χ4v) is 1.60. The van der Waals surface area contributed by atoms with Gasteiger partial charge in [-0.15, -0.1) is 0 Å². The van der Waals surface area contributed by atoms with Gasteiger partial charge in [-0.3, -0.25) is 0 Å². The van der Waals surface area contributed by atoms with Gasteiger partial charge in [-0.1, -0.05) is 5.10 Å². The van der Waals surface area contributed by atoms with Crippen molar-refractivity contribution in [2.45, 2.75) is 6.54 Å². The Hall–Kier alpha value is -1.70. The molecule has 0 fully saturated rings. The van der Waals surface area contributed by atoms with Crippen molar-refractivity contribution in [2.75, 3.05) is 12.8 Å². The molecule has 8 heteroatoms. The van der Waals surface area contributed by atoms with Crippen molar-refractivity contribution < 1.29 is 4.74 Å². The molecule has 2 aromatic rings. The summed E-state index contributed by atoms with van der Waals surface area (Å²) in [5, 5.41) is 10.7. The van der Waals surface area contributed by atoms with Gasteiger partial charge in [0.15, 0.2) is 0 Å². The molecular weight excluding hydrogens is 204 g/mol. The van der Waals surface area contributed by atoms with Gasteiger partial charge in [0.05, 0.1) is 18.5 Å². The van der Waals surface area contributed by atoms with E-state index in [4.69, 9.17) is 10.5 Å². The topological polar surface area (TPSA) is 91.7 Å². The maximum atomic E-state index is 5.51. The van der Waals surface area contributed by atoms with Gasteiger partial charge in [0, 0.05) is 6.07 Å². The number of anilines is 1. The van der Waals surface area contributed by atoms with Gasteiger partial charge >= 0.3 is 0 Å². The molecule has 0 aliphatic heterocycles. The Bertz CT molecular complexity index is 423. The van der Waals surface area contributed by atoms with Crippen molar-refractivity contribution in [3.8, 4) is 5.88 Å². The van der Waals surface area contributed by atoms with Gasteiger partial charge in [0.2, 0.25) is 11.8 Å². The number of methoxy groups -OCH3 is 1. The molecule has 0 radical (unpaired) electrons. The van der Waals surface area contributed by atoms with E-state index in [9.17, 15) is 0 Å². The van der Waals surface area contributed by atoms with Crippen LogP contribution in [0.25, 0.3) is 0 Å². The summed E-state index contributed by atoms with van der Waals surface area (Å²) in [6.45, 7) is 0.514. The van der Waals surface area contributed by atoms with E-state index in [1.165, 1.54) is 16.2 Å². The molecule has 2 N–H and O–H groups in total. The van der Waals surface area contributed by atoms with Crippen molar-refractivity contribution in [1.29, 1.82) is 0 Å².